The summed E-state index contributed by atoms with van der Waals surface area (Å²) in [6.45, 7) is 5.42. The molecule has 0 aliphatic rings. The Bertz CT molecular complexity index is 348. The van der Waals surface area contributed by atoms with Crippen LogP contribution in [0.3, 0.4) is 0 Å². The first kappa shape index (κ1) is 12.6. The smallest absolute Gasteiger partial charge is 0.119 e. The van der Waals surface area contributed by atoms with Gasteiger partial charge in [0, 0.05) is 12.1 Å². The van der Waals surface area contributed by atoms with E-state index in [0.29, 0.717) is 12.4 Å². The first-order valence-electron chi connectivity index (χ1n) is 5.24. The summed E-state index contributed by atoms with van der Waals surface area (Å²) in [5.74, 6) is 1.50. The predicted molar refractivity (Wildman–Crippen MR) is 66.5 cm³/mol. The molecule has 0 atom stereocenters. The highest BCUT2D eigenvalue weighted by atomic mass is 16.5. The number of hydrogen-bond acceptors (Lipinski definition) is 3. The van der Waals surface area contributed by atoms with Gasteiger partial charge >= 0.3 is 0 Å². The fraction of sp³-hybridized carbons (Fsp3) is 0.385. The molecule has 0 bridgehead atoms. The second-order valence-electron chi connectivity index (χ2n) is 3.81. The van der Waals surface area contributed by atoms with Crippen molar-refractivity contribution in [1.82, 2.24) is 4.90 Å². The number of hydrogen-bond donors (Lipinski definition) is 0. The first-order valence-corrected chi connectivity index (χ1v) is 5.24. The highest BCUT2D eigenvalue weighted by Crippen LogP contribution is 2.19. The van der Waals surface area contributed by atoms with Crippen molar-refractivity contribution in [2.45, 2.75) is 0 Å². The number of benzene rings is 1. The quantitative estimate of drug-likeness (QED) is 0.688. The molecule has 1 aromatic carbocycles. The molecule has 0 radical (unpaired) electrons. The van der Waals surface area contributed by atoms with Crippen LogP contribution in [0.15, 0.2) is 30.8 Å². The van der Waals surface area contributed by atoms with E-state index in [-0.39, 0.29) is 0 Å². The minimum atomic E-state index is 0.642. The van der Waals surface area contributed by atoms with Crippen molar-refractivity contribution in [3.8, 4) is 5.75 Å². The minimum Gasteiger partial charge on any atom is -0.497 e. The average Bonchev–Trinajstić information content (AvgIpc) is 2.28. The number of nitrogens with zero attached hydrogens (tertiary/aromatic N) is 1. The molecule has 0 unspecified atom stereocenters. The Morgan fingerprint density at radius 3 is 2.75 bits per heavy atom. The predicted octanol–water partition coefficient (Wildman–Crippen LogP) is 2.24. The van der Waals surface area contributed by atoms with Crippen LogP contribution in [-0.2, 0) is 4.74 Å². The monoisotopic (exact) mass is 221 g/mol. The summed E-state index contributed by atoms with van der Waals surface area (Å²) in [6.07, 6.45) is 0. The van der Waals surface area contributed by atoms with Crippen molar-refractivity contribution in [3.63, 3.8) is 0 Å². The topological polar surface area (TPSA) is 21.7 Å². The molecule has 16 heavy (non-hydrogen) atoms. The maximum Gasteiger partial charge on any atom is 0.119 e. The summed E-state index contributed by atoms with van der Waals surface area (Å²) in [7, 11) is 5.67. The lowest BCUT2D eigenvalue weighted by Gasteiger charge is -2.13. The lowest BCUT2D eigenvalue weighted by atomic mass is 10.2. The van der Waals surface area contributed by atoms with Crippen molar-refractivity contribution in [1.29, 1.82) is 0 Å². The van der Waals surface area contributed by atoms with Crippen LogP contribution < -0.4 is 4.74 Å². The summed E-state index contributed by atoms with van der Waals surface area (Å²) < 4.78 is 10.7. The van der Waals surface area contributed by atoms with E-state index in [0.717, 1.165) is 17.9 Å². The molecule has 0 aliphatic carbocycles. The van der Waals surface area contributed by atoms with E-state index in [2.05, 4.69) is 11.5 Å². The standard InChI is InChI=1S/C13H19NO2/c1-11(16-9-8-14(2)3)12-6-5-7-13(10-12)15-4/h5-7,10H,1,8-9H2,2-4H3. The lowest BCUT2D eigenvalue weighted by molar-refractivity contribution is 0.233. The van der Waals surface area contributed by atoms with Crippen molar-refractivity contribution >= 4 is 5.76 Å². The molecule has 0 heterocycles. The van der Waals surface area contributed by atoms with Gasteiger partial charge in [-0.25, -0.2) is 0 Å². The third-order valence-electron chi connectivity index (χ3n) is 2.21. The van der Waals surface area contributed by atoms with Crippen LogP contribution in [0, 0.1) is 0 Å². The van der Waals surface area contributed by atoms with E-state index in [1.54, 1.807) is 7.11 Å². The van der Waals surface area contributed by atoms with Crippen LogP contribution in [0.1, 0.15) is 5.56 Å². The largest absolute Gasteiger partial charge is 0.497 e. The van der Waals surface area contributed by atoms with Gasteiger partial charge in [0.1, 0.15) is 18.1 Å². The highest BCUT2D eigenvalue weighted by molar-refractivity contribution is 5.58. The minimum absolute atomic E-state index is 0.642. The molecule has 0 spiro atoms. The molecule has 0 saturated carbocycles. The van der Waals surface area contributed by atoms with Crippen molar-refractivity contribution in [3.05, 3.63) is 36.4 Å². The number of rotatable bonds is 6. The summed E-state index contributed by atoms with van der Waals surface area (Å²) in [6, 6.07) is 7.70. The Kier molecular flexibility index (Phi) is 4.86. The molecular weight excluding hydrogens is 202 g/mol. The molecule has 0 N–H and O–H groups in total. The zero-order chi connectivity index (χ0) is 12.0. The van der Waals surface area contributed by atoms with E-state index in [4.69, 9.17) is 9.47 Å². The van der Waals surface area contributed by atoms with Gasteiger partial charge in [0.15, 0.2) is 0 Å². The molecule has 0 fully saturated rings. The molecule has 0 aliphatic heterocycles. The zero-order valence-corrected chi connectivity index (χ0v) is 10.2. The second kappa shape index (κ2) is 6.18. The Labute approximate surface area is 97.3 Å². The fourth-order valence-corrected chi connectivity index (χ4v) is 1.23. The second-order valence-corrected chi connectivity index (χ2v) is 3.81. The van der Waals surface area contributed by atoms with E-state index >= 15 is 0 Å². The molecular formula is C13H19NO2. The lowest BCUT2D eigenvalue weighted by Crippen LogP contribution is -2.17. The third-order valence-corrected chi connectivity index (χ3v) is 2.21. The highest BCUT2D eigenvalue weighted by Gasteiger charge is 2.01. The molecule has 0 saturated heterocycles. The molecule has 3 heteroatoms. The fourth-order valence-electron chi connectivity index (χ4n) is 1.23. The number of likely N-dealkylation sites (N-methyl/N-ethyl adjacent to an activating group) is 1. The van der Waals surface area contributed by atoms with E-state index in [1.165, 1.54) is 0 Å². The number of ether oxygens (including phenoxy) is 2. The molecule has 1 aromatic rings. The van der Waals surface area contributed by atoms with Gasteiger partial charge in [-0.15, -0.1) is 0 Å². The van der Waals surface area contributed by atoms with Crippen molar-refractivity contribution in [2.75, 3.05) is 34.4 Å². The van der Waals surface area contributed by atoms with Gasteiger partial charge in [0.05, 0.1) is 7.11 Å². The van der Waals surface area contributed by atoms with Gasteiger partial charge < -0.3 is 14.4 Å². The Morgan fingerprint density at radius 1 is 1.38 bits per heavy atom. The third kappa shape index (κ3) is 3.95. The van der Waals surface area contributed by atoms with Gasteiger partial charge in [-0.1, -0.05) is 18.7 Å². The summed E-state index contributed by atoms with van der Waals surface area (Å²) in [4.78, 5) is 2.07. The van der Waals surface area contributed by atoms with E-state index < -0.39 is 0 Å². The average molecular weight is 221 g/mol. The van der Waals surface area contributed by atoms with E-state index in [1.807, 2.05) is 38.4 Å². The van der Waals surface area contributed by atoms with Gasteiger partial charge in [-0.2, -0.15) is 0 Å². The zero-order valence-electron chi connectivity index (χ0n) is 10.2. The van der Waals surface area contributed by atoms with Crippen LogP contribution in [0.2, 0.25) is 0 Å². The van der Waals surface area contributed by atoms with Gasteiger partial charge in [-0.05, 0) is 26.2 Å². The van der Waals surface area contributed by atoms with Crippen LogP contribution in [0.25, 0.3) is 5.76 Å². The van der Waals surface area contributed by atoms with Gasteiger partial charge in [0.25, 0.3) is 0 Å². The maximum atomic E-state index is 5.55. The Morgan fingerprint density at radius 2 is 2.12 bits per heavy atom. The Hall–Kier alpha value is -1.48. The van der Waals surface area contributed by atoms with Crippen LogP contribution in [0.5, 0.6) is 5.75 Å². The normalized spacial score (nSPS) is 10.2. The molecule has 3 nitrogen and oxygen atoms in total. The van der Waals surface area contributed by atoms with Crippen molar-refractivity contribution < 1.29 is 9.47 Å². The van der Waals surface area contributed by atoms with Gasteiger partial charge in [0.2, 0.25) is 0 Å². The van der Waals surface area contributed by atoms with E-state index in [9.17, 15) is 0 Å². The van der Waals surface area contributed by atoms with Gasteiger partial charge in [-0.3, -0.25) is 0 Å². The molecule has 1 rings (SSSR count). The Balaban J connectivity index is 2.52. The maximum absolute atomic E-state index is 5.55. The van der Waals surface area contributed by atoms with Crippen molar-refractivity contribution in [2.24, 2.45) is 0 Å². The molecule has 88 valence electrons. The number of methoxy groups -OCH3 is 1. The summed E-state index contributed by atoms with van der Waals surface area (Å²) in [5, 5.41) is 0. The molecule has 0 amide bonds. The SMILES string of the molecule is C=C(OCCN(C)C)c1cccc(OC)c1. The van der Waals surface area contributed by atoms with Crippen LogP contribution in [-0.4, -0.2) is 39.3 Å². The summed E-state index contributed by atoms with van der Waals surface area (Å²) in [5.41, 5.74) is 0.957. The molecule has 0 aromatic heterocycles. The summed E-state index contributed by atoms with van der Waals surface area (Å²) >= 11 is 0. The van der Waals surface area contributed by atoms with Crippen LogP contribution >= 0.6 is 0 Å². The van der Waals surface area contributed by atoms with Crippen LogP contribution in [0.4, 0.5) is 0 Å². The first-order chi connectivity index (χ1) is 7.63.